The number of carbonyl (C=O) groups is 1. The smallest absolute Gasteiger partial charge is 0.354 e. The van der Waals surface area contributed by atoms with Crippen LogP contribution in [-0.4, -0.2) is 16.1 Å². The summed E-state index contributed by atoms with van der Waals surface area (Å²) in [7, 11) is 0. The quantitative estimate of drug-likeness (QED) is 0.842. The Morgan fingerprint density at radius 3 is 2.32 bits per heavy atom. The van der Waals surface area contributed by atoms with E-state index in [-0.39, 0.29) is 15.7 Å². The zero-order valence-electron chi connectivity index (χ0n) is 9.32. The second kappa shape index (κ2) is 5.42. The van der Waals surface area contributed by atoms with Crippen molar-refractivity contribution in [3.63, 3.8) is 0 Å². The van der Waals surface area contributed by atoms with E-state index in [0.29, 0.717) is 11.4 Å². The summed E-state index contributed by atoms with van der Waals surface area (Å²) in [5, 5.41) is 11.4. The highest BCUT2D eigenvalue weighted by atomic mass is 35.5. The molecule has 2 aromatic rings. The number of nitrogens with one attached hydrogen (secondary N) is 1. The third kappa shape index (κ3) is 3.13. The number of aromatic carboxylic acids is 1. The first-order valence-electron chi connectivity index (χ1n) is 5.08. The zero-order chi connectivity index (χ0) is 14.0. The van der Waals surface area contributed by atoms with Crippen molar-refractivity contribution >= 4 is 40.5 Å². The number of carboxylic acids is 1. The number of aromatic nitrogens is 1. The molecule has 2 N–H and O–H groups in total. The lowest BCUT2D eigenvalue weighted by Gasteiger charge is -2.08. The van der Waals surface area contributed by atoms with E-state index in [1.54, 1.807) is 0 Å². The summed E-state index contributed by atoms with van der Waals surface area (Å²) in [6.07, 6.45) is 1.34. The number of rotatable bonds is 3. The molecule has 0 spiro atoms. The monoisotopic (exact) mass is 300 g/mol. The Morgan fingerprint density at radius 1 is 1.21 bits per heavy atom. The topological polar surface area (TPSA) is 62.2 Å². The van der Waals surface area contributed by atoms with Gasteiger partial charge in [0.05, 0.1) is 21.9 Å². The van der Waals surface area contributed by atoms with Gasteiger partial charge in [0, 0.05) is 5.69 Å². The molecular formula is C12H7Cl2FN2O2. The van der Waals surface area contributed by atoms with E-state index in [1.807, 2.05) is 0 Å². The van der Waals surface area contributed by atoms with Crippen LogP contribution in [0.15, 0.2) is 30.5 Å². The average molecular weight is 301 g/mol. The van der Waals surface area contributed by atoms with E-state index in [0.717, 1.165) is 0 Å². The number of anilines is 2. The molecule has 1 aromatic heterocycles. The van der Waals surface area contributed by atoms with Gasteiger partial charge in [-0.15, -0.1) is 0 Å². The first-order valence-corrected chi connectivity index (χ1v) is 5.84. The average Bonchev–Trinajstić information content (AvgIpc) is 2.36. The van der Waals surface area contributed by atoms with Gasteiger partial charge in [-0.2, -0.15) is 0 Å². The summed E-state index contributed by atoms with van der Waals surface area (Å²) in [5.74, 6) is -1.80. The first kappa shape index (κ1) is 13.6. The summed E-state index contributed by atoms with van der Waals surface area (Å²) in [6.45, 7) is 0. The maximum absolute atomic E-state index is 13.2. The molecule has 0 aliphatic rings. The van der Waals surface area contributed by atoms with Crippen molar-refractivity contribution in [2.75, 3.05) is 5.32 Å². The zero-order valence-corrected chi connectivity index (χ0v) is 10.8. The van der Waals surface area contributed by atoms with Crippen molar-refractivity contribution in [1.82, 2.24) is 4.98 Å². The molecule has 19 heavy (non-hydrogen) atoms. The van der Waals surface area contributed by atoms with Gasteiger partial charge in [-0.1, -0.05) is 23.2 Å². The molecule has 0 saturated heterocycles. The first-order chi connectivity index (χ1) is 8.97. The van der Waals surface area contributed by atoms with Gasteiger partial charge in [-0.05, 0) is 24.3 Å². The van der Waals surface area contributed by atoms with Gasteiger partial charge in [-0.3, -0.25) is 0 Å². The highest BCUT2D eigenvalue weighted by Gasteiger charge is 2.08. The molecule has 0 unspecified atom stereocenters. The van der Waals surface area contributed by atoms with Crippen molar-refractivity contribution in [1.29, 1.82) is 0 Å². The van der Waals surface area contributed by atoms with Crippen LogP contribution in [-0.2, 0) is 0 Å². The molecule has 0 atom stereocenters. The van der Waals surface area contributed by atoms with E-state index < -0.39 is 11.8 Å². The molecule has 2 rings (SSSR count). The van der Waals surface area contributed by atoms with Gasteiger partial charge < -0.3 is 10.4 Å². The Kier molecular flexibility index (Phi) is 3.87. The van der Waals surface area contributed by atoms with Crippen LogP contribution in [0.4, 0.5) is 15.8 Å². The Balaban J connectivity index is 2.24. The molecule has 0 aliphatic carbocycles. The van der Waals surface area contributed by atoms with Gasteiger partial charge in [-0.25, -0.2) is 14.2 Å². The number of benzene rings is 1. The maximum Gasteiger partial charge on any atom is 0.354 e. The highest BCUT2D eigenvalue weighted by molar-refractivity contribution is 6.35. The number of hydrogen-bond donors (Lipinski definition) is 2. The Bertz CT molecular complexity index is 609. The minimum absolute atomic E-state index is 0.0688. The fourth-order valence-corrected chi connectivity index (χ4v) is 1.88. The molecular weight excluding hydrogens is 294 g/mol. The molecule has 0 fully saturated rings. The summed E-state index contributed by atoms with van der Waals surface area (Å²) < 4.78 is 13.2. The molecule has 1 aromatic carbocycles. The SMILES string of the molecule is O=C(O)c1ccc(Nc2cc(Cl)c(F)c(Cl)c2)cn1. The van der Waals surface area contributed by atoms with Crippen molar-refractivity contribution < 1.29 is 14.3 Å². The van der Waals surface area contributed by atoms with Gasteiger partial charge >= 0.3 is 5.97 Å². The second-order valence-corrected chi connectivity index (χ2v) is 4.43. The molecule has 1 heterocycles. The van der Waals surface area contributed by atoms with Gasteiger partial charge in [0.15, 0.2) is 5.82 Å². The largest absolute Gasteiger partial charge is 0.477 e. The van der Waals surface area contributed by atoms with Crippen LogP contribution in [0.1, 0.15) is 10.5 Å². The lowest BCUT2D eigenvalue weighted by Crippen LogP contribution is -2.00. The third-order valence-corrected chi connectivity index (χ3v) is 2.81. The Morgan fingerprint density at radius 2 is 1.84 bits per heavy atom. The summed E-state index contributed by atoms with van der Waals surface area (Å²) >= 11 is 11.3. The molecule has 98 valence electrons. The second-order valence-electron chi connectivity index (χ2n) is 3.62. The number of nitrogens with zero attached hydrogens (tertiary/aromatic N) is 1. The van der Waals surface area contributed by atoms with Crippen LogP contribution in [0.5, 0.6) is 0 Å². The van der Waals surface area contributed by atoms with Gasteiger partial charge in [0.2, 0.25) is 0 Å². The van der Waals surface area contributed by atoms with E-state index >= 15 is 0 Å². The molecule has 0 amide bonds. The van der Waals surface area contributed by atoms with Crippen molar-refractivity contribution in [2.24, 2.45) is 0 Å². The van der Waals surface area contributed by atoms with Gasteiger partial charge in [0.1, 0.15) is 5.69 Å². The number of halogens is 3. The van der Waals surface area contributed by atoms with E-state index in [2.05, 4.69) is 10.3 Å². The predicted octanol–water partition coefficient (Wildman–Crippen LogP) is 3.97. The fourth-order valence-electron chi connectivity index (χ4n) is 1.39. The normalized spacial score (nSPS) is 10.3. The molecule has 7 heteroatoms. The fraction of sp³-hybridized carbons (Fsp3) is 0. The van der Waals surface area contributed by atoms with Crippen LogP contribution in [0.2, 0.25) is 10.0 Å². The van der Waals surface area contributed by atoms with Crippen molar-refractivity contribution in [2.45, 2.75) is 0 Å². The Hall–Kier alpha value is -1.85. The van der Waals surface area contributed by atoms with E-state index in [9.17, 15) is 9.18 Å². The standard InChI is InChI=1S/C12H7Cl2FN2O2/c13-8-3-7(4-9(14)11(8)15)17-6-1-2-10(12(18)19)16-5-6/h1-5,17H,(H,18,19). The molecule has 0 aliphatic heterocycles. The van der Waals surface area contributed by atoms with Crippen LogP contribution in [0, 0.1) is 5.82 Å². The lowest BCUT2D eigenvalue weighted by atomic mass is 10.3. The lowest BCUT2D eigenvalue weighted by molar-refractivity contribution is 0.0690. The Labute approximate surface area is 117 Å². The summed E-state index contributed by atoms with van der Waals surface area (Å²) in [5.41, 5.74) is 0.936. The third-order valence-electron chi connectivity index (χ3n) is 2.26. The molecule has 0 saturated carbocycles. The molecule has 0 radical (unpaired) electrons. The van der Waals surface area contributed by atoms with Crippen LogP contribution >= 0.6 is 23.2 Å². The number of carboxylic acid groups (broad SMARTS) is 1. The number of pyridine rings is 1. The van der Waals surface area contributed by atoms with Crippen LogP contribution < -0.4 is 5.32 Å². The van der Waals surface area contributed by atoms with Crippen molar-refractivity contribution in [3.8, 4) is 0 Å². The predicted molar refractivity (Wildman–Crippen MR) is 70.9 cm³/mol. The minimum atomic E-state index is -1.11. The van der Waals surface area contributed by atoms with Gasteiger partial charge in [0.25, 0.3) is 0 Å². The maximum atomic E-state index is 13.2. The van der Waals surface area contributed by atoms with Crippen LogP contribution in [0.3, 0.4) is 0 Å². The van der Waals surface area contributed by atoms with E-state index in [4.69, 9.17) is 28.3 Å². The number of hydrogen-bond acceptors (Lipinski definition) is 3. The van der Waals surface area contributed by atoms with E-state index in [1.165, 1.54) is 30.5 Å². The molecule has 4 nitrogen and oxygen atoms in total. The minimum Gasteiger partial charge on any atom is -0.477 e. The highest BCUT2D eigenvalue weighted by Crippen LogP contribution is 2.28. The molecule has 0 bridgehead atoms. The summed E-state index contributed by atoms with van der Waals surface area (Å²) in [4.78, 5) is 14.4. The van der Waals surface area contributed by atoms with Crippen molar-refractivity contribution in [3.05, 3.63) is 52.0 Å². The van der Waals surface area contributed by atoms with Crippen LogP contribution in [0.25, 0.3) is 0 Å². The summed E-state index contributed by atoms with van der Waals surface area (Å²) in [6, 6.07) is 5.61.